The molecule has 0 unspecified atom stereocenters. The van der Waals surface area contributed by atoms with Crippen molar-refractivity contribution >= 4 is 29.1 Å². The Labute approximate surface area is 231 Å². The van der Waals surface area contributed by atoms with Crippen molar-refractivity contribution in [3.05, 3.63) is 102 Å². The van der Waals surface area contributed by atoms with Crippen LogP contribution in [0.15, 0.2) is 83.4 Å². The molecular formula is C31H29FN4O4. The average molecular weight is 541 g/mol. The number of halogens is 1. The van der Waals surface area contributed by atoms with Crippen molar-refractivity contribution in [3.8, 4) is 11.3 Å². The van der Waals surface area contributed by atoms with Crippen molar-refractivity contribution in [2.75, 3.05) is 23.7 Å². The van der Waals surface area contributed by atoms with Crippen LogP contribution in [0.3, 0.4) is 0 Å². The molecule has 0 spiro atoms. The summed E-state index contributed by atoms with van der Waals surface area (Å²) < 4.78 is 18.5. The SMILES string of the molecule is Cc1noc(-c2ccccc2)c1C(=O)N1CCC(c2ccc(NC(=O)CC(=O)Nc3ccc(F)cc3)cc2)CC1. The zero-order valence-electron chi connectivity index (χ0n) is 22.0. The average Bonchev–Trinajstić information content (AvgIpc) is 3.36. The fourth-order valence-corrected chi connectivity index (χ4v) is 4.91. The molecule has 0 atom stereocenters. The predicted octanol–water partition coefficient (Wildman–Crippen LogP) is 5.78. The third-order valence-corrected chi connectivity index (χ3v) is 7.01. The Morgan fingerprint density at radius 2 is 1.45 bits per heavy atom. The molecule has 3 aromatic carbocycles. The van der Waals surface area contributed by atoms with Crippen molar-refractivity contribution in [1.29, 1.82) is 0 Å². The molecule has 9 heteroatoms. The van der Waals surface area contributed by atoms with Crippen molar-refractivity contribution in [3.63, 3.8) is 0 Å². The number of anilines is 2. The number of nitrogens with zero attached hydrogens (tertiary/aromatic N) is 2. The number of rotatable bonds is 7. The molecule has 2 heterocycles. The Morgan fingerprint density at radius 3 is 2.05 bits per heavy atom. The van der Waals surface area contributed by atoms with E-state index in [9.17, 15) is 18.8 Å². The van der Waals surface area contributed by atoms with E-state index in [0.717, 1.165) is 24.0 Å². The Morgan fingerprint density at radius 1 is 0.875 bits per heavy atom. The fourth-order valence-electron chi connectivity index (χ4n) is 4.91. The summed E-state index contributed by atoms with van der Waals surface area (Å²) in [6.07, 6.45) is 1.27. The number of benzene rings is 3. The monoisotopic (exact) mass is 540 g/mol. The first-order chi connectivity index (χ1) is 19.4. The first kappa shape index (κ1) is 26.8. The summed E-state index contributed by atoms with van der Waals surface area (Å²) in [7, 11) is 0. The van der Waals surface area contributed by atoms with Crippen molar-refractivity contribution < 1.29 is 23.3 Å². The first-order valence-electron chi connectivity index (χ1n) is 13.1. The van der Waals surface area contributed by atoms with E-state index in [1.165, 1.54) is 24.3 Å². The van der Waals surface area contributed by atoms with Gasteiger partial charge in [0, 0.05) is 30.0 Å². The second kappa shape index (κ2) is 11.9. The van der Waals surface area contributed by atoms with Gasteiger partial charge >= 0.3 is 0 Å². The van der Waals surface area contributed by atoms with E-state index < -0.39 is 17.6 Å². The van der Waals surface area contributed by atoms with Crippen LogP contribution in [0, 0.1) is 12.7 Å². The predicted molar refractivity (Wildman–Crippen MR) is 149 cm³/mol. The number of hydrogen-bond donors (Lipinski definition) is 2. The summed E-state index contributed by atoms with van der Waals surface area (Å²) in [5.41, 5.74) is 4.05. The van der Waals surface area contributed by atoms with E-state index in [2.05, 4.69) is 15.8 Å². The van der Waals surface area contributed by atoms with Gasteiger partial charge in [0.2, 0.25) is 11.8 Å². The highest BCUT2D eigenvalue weighted by Crippen LogP contribution is 2.32. The van der Waals surface area contributed by atoms with Crippen LogP contribution < -0.4 is 10.6 Å². The molecule has 0 aliphatic carbocycles. The summed E-state index contributed by atoms with van der Waals surface area (Å²) in [6.45, 7) is 3.02. The molecule has 4 aromatic rings. The van der Waals surface area contributed by atoms with Gasteiger partial charge in [0.25, 0.3) is 5.91 Å². The molecule has 3 amide bonds. The van der Waals surface area contributed by atoms with Crippen LogP contribution in [-0.2, 0) is 9.59 Å². The smallest absolute Gasteiger partial charge is 0.259 e. The Hall–Kier alpha value is -4.79. The van der Waals surface area contributed by atoms with Crippen LogP contribution >= 0.6 is 0 Å². The van der Waals surface area contributed by atoms with Gasteiger partial charge in [-0.1, -0.05) is 47.6 Å². The molecule has 1 aliphatic heterocycles. The molecule has 40 heavy (non-hydrogen) atoms. The topological polar surface area (TPSA) is 105 Å². The number of hydrogen-bond acceptors (Lipinski definition) is 5. The van der Waals surface area contributed by atoms with E-state index in [0.29, 0.717) is 41.5 Å². The molecule has 1 fully saturated rings. The van der Waals surface area contributed by atoms with Gasteiger partial charge in [0.1, 0.15) is 17.8 Å². The number of carbonyl (C=O) groups is 3. The van der Waals surface area contributed by atoms with Gasteiger partial charge in [-0.3, -0.25) is 14.4 Å². The highest BCUT2D eigenvalue weighted by Gasteiger charge is 2.29. The van der Waals surface area contributed by atoms with E-state index >= 15 is 0 Å². The Kier molecular flexibility index (Phi) is 8.00. The second-order valence-electron chi connectivity index (χ2n) is 9.81. The molecule has 0 bridgehead atoms. The number of piperidine rings is 1. The minimum absolute atomic E-state index is 0.0717. The van der Waals surface area contributed by atoms with E-state index in [1.807, 2.05) is 59.5 Å². The maximum absolute atomic E-state index is 13.4. The third-order valence-electron chi connectivity index (χ3n) is 7.01. The standard InChI is InChI=1S/C31H29FN4O4/c1-20-29(30(40-35-20)23-5-3-2-4-6-23)31(39)36-17-15-22(16-18-36)21-7-11-25(12-8-21)33-27(37)19-28(38)34-26-13-9-24(32)10-14-26/h2-14,22H,15-19H2,1H3,(H,33,37)(H,34,38). The van der Waals surface area contributed by atoms with Crippen molar-refractivity contribution in [2.45, 2.75) is 32.1 Å². The molecule has 8 nitrogen and oxygen atoms in total. The van der Waals surface area contributed by atoms with Crippen molar-refractivity contribution in [2.24, 2.45) is 0 Å². The summed E-state index contributed by atoms with van der Waals surface area (Å²) in [5, 5.41) is 9.35. The zero-order valence-corrected chi connectivity index (χ0v) is 22.0. The van der Waals surface area contributed by atoms with Gasteiger partial charge in [0.15, 0.2) is 5.76 Å². The number of aromatic nitrogens is 1. The summed E-state index contributed by atoms with van der Waals surface area (Å²) in [4.78, 5) is 39.7. The lowest BCUT2D eigenvalue weighted by Gasteiger charge is -2.32. The van der Waals surface area contributed by atoms with Crippen LogP contribution in [-0.4, -0.2) is 40.9 Å². The maximum Gasteiger partial charge on any atom is 0.259 e. The highest BCUT2D eigenvalue weighted by molar-refractivity contribution is 6.08. The van der Waals surface area contributed by atoms with Gasteiger partial charge in [-0.15, -0.1) is 0 Å². The minimum atomic E-state index is -0.487. The van der Waals surface area contributed by atoms with E-state index in [4.69, 9.17) is 4.52 Å². The molecule has 5 rings (SSSR count). The zero-order chi connectivity index (χ0) is 28.1. The van der Waals surface area contributed by atoms with Gasteiger partial charge < -0.3 is 20.1 Å². The minimum Gasteiger partial charge on any atom is -0.355 e. The second-order valence-corrected chi connectivity index (χ2v) is 9.81. The first-order valence-corrected chi connectivity index (χ1v) is 13.1. The van der Waals surface area contributed by atoms with Crippen LogP contribution in [0.5, 0.6) is 0 Å². The van der Waals surface area contributed by atoms with Crippen LogP contribution in [0.1, 0.15) is 46.8 Å². The Bertz CT molecular complexity index is 1490. The normalized spacial score (nSPS) is 13.6. The Balaban J connectivity index is 1.13. The lowest BCUT2D eigenvalue weighted by atomic mass is 9.89. The molecular weight excluding hydrogens is 511 g/mol. The number of likely N-dealkylation sites (tertiary alicyclic amines) is 1. The number of nitrogens with one attached hydrogen (secondary N) is 2. The van der Waals surface area contributed by atoms with Crippen LogP contribution in [0.2, 0.25) is 0 Å². The van der Waals surface area contributed by atoms with Crippen LogP contribution in [0.25, 0.3) is 11.3 Å². The molecule has 0 radical (unpaired) electrons. The maximum atomic E-state index is 13.4. The molecule has 2 N–H and O–H groups in total. The van der Waals surface area contributed by atoms with Gasteiger partial charge in [0.05, 0.1) is 5.69 Å². The molecule has 1 aromatic heterocycles. The van der Waals surface area contributed by atoms with Gasteiger partial charge in [-0.25, -0.2) is 4.39 Å². The van der Waals surface area contributed by atoms with E-state index in [1.54, 1.807) is 6.92 Å². The molecule has 1 aliphatic rings. The number of amides is 3. The highest BCUT2D eigenvalue weighted by atomic mass is 19.1. The molecule has 0 saturated carbocycles. The quantitative estimate of drug-likeness (QED) is 0.289. The summed E-state index contributed by atoms with van der Waals surface area (Å²) in [5.74, 6) is -0.629. The van der Waals surface area contributed by atoms with Gasteiger partial charge in [-0.2, -0.15) is 0 Å². The largest absolute Gasteiger partial charge is 0.355 e. The van der Waals surface area contributed by atoms with Crippen molar-refractivity contribution in [1.82, 2.24) is 10.1 Å². The lowest BCUT2D eigenvalue weighted by Crippen LogP contribution is -2.38. The third kappa shape index (κ3) is 6.26. The lowest BCUT2D eigenvalue weighted by molar-refractivity contribution is -0.123. The van der Waals surface area contributed by atoms with Gasteiger partial charge in [-0.05, 0) is 67.6 Å². The summed E-state index contributed by atoms with van der Waals surface area (Å²) in [6, 6.07) is 22.4. The summed E-state index contributed by atoms with van der Waals surface area (Å²) >= 11 is 0. The fraction of sp³-hybridized carbons (Fsp3) is 0.226. The number of carbonyl (C=O) groups excluding carboxylic acids is 3. The number of aryl methyl sites for hydroxylation is 1. The van der Waals surface area contributed by atoms with Crippen LogP contribution in [0.4, 0.5) is 15.8 Å². The molecule has 204 valence electrons. The van der Waals surface area contributed by atoms with E-state index in [-0.39, 0.29) is 18.2 Å². The molecule has 1 saturated heterocycles.